The fourth-order valence-corrected chi connectivity index (χ4v) is 2.92. The number of aromatic nitrogens is 1. The van der Waals surface area contributed by atoms with Gasteiger partial charge in [-0.15, -0.1) is 0 Å². The predicted octanol–water partition coefficient (Wildman–Crippen LogP) is 1.93. The number of likely N-dealkylation sites (tertiary alicyclic amines) is 1. The van der Waals surface area contributed by atoms with Crippen molar-refractivity contribution in [3.8, 4) is 28.8 Å². The molecule has 2 heterocycles. The van der Waals surface area contributed by atoms with Crippen LogP contribution in [0.3, 0.4) is 0 Å². The standard InChI is InChI=1S/C21H20FN3O3/c1-13-21(27,8-9-25(13)2)7-6-14-4-5-17(22)16(10-14)18-11-15(28-3)12-19(24-18)20(23)26/h4-5,10-12,27H,1,8-9H2,2-3H3,(H2,23,26)/t21-/m0/s1. The molecular weight excluding hydrogens is 361 g/mol. The molecule has 1 atom stereocenters. The summed E-state index contributed by atoms with van der Waals surface area (Å²) in [6.45, 7) is 4.53. The molecule has 0 saturated carbocycles. The van der Waals surface area contributed by atoms with E-state index in [2.05, 4.69) is 23.4 Å². The SMILES string of the molecule is C=C1N(C)CC[C@@]1(O)C#Cc1ccc(F)c(-c2cc(OC)cc(C(N)=O)n2)c1. The minimum atomic E-state index is -1.31. The van der Waals surface area contributed by atoms with E-state index in [-0.39, 0.29) is 17.0 Å². The number of primary amides is 1. The first kappa shape index (κ1) is 19.4. The van der Waals surface area contributed by atoms with Crippen LogP contribution in [0.2, 0.25) is 0 Å². The van der Waals surface area contributed by atoms with Gasteiger partial charge in [-0.1, -0.05) is 18.4 Å². The number of nitrogens with zero attached hydrogens (tertiary/aromatic N) is 2. The summed E-state index contributed by atoms with van der Waals surface area (Å²) in [4.78, 5) is 17.5. The van der Waals surface area contributed by atoms with Gasteiger partial charge in [0.25, 0.3) is 5.91 Å². The highest BCUT2D eigenvalue weighted by molar-refractivity contribution is 5.92. The minimum absolute atomic E-state index is 0.0372. The van der Waals surface area contributed by atoms with E-state index in [9.17, 15) is 14.3 Å². The van der Waals surface area contributed by atoms with E-state index in [1.54, 1.807) is 0 Å². The monoisotopic (exact) mass is 381 g/mol. The van der Waals surface area contributed by atoms with Gasteiger partial charge in [0.2, 0.25) is 0 Å². The highest BCUT2D eigenvalue weighted by Gasteiger charge is 2.36. The second-order valence-electron chi connectivity index (χ2n) is 6.56. The molecule has 144 valence electrons. The van der Waals surface area contributed by atoms with Crippen LogP contribution in [-0.4, -0.2) is 47.2 Å². The average Bonchev–Trinajstić information content (AvgIpc) is 2.94. The Hall–Kier alpha value is -3.37. The molecule has 0 radical (unpaired) electrons. The predicted molar refractivity (Wildman–Crippen MR) is 103 cm³/mol. The summed E-state index contributed by atoms with van der Waals surface area (Å²) in [5, 5.41) is 10.6. The van der Waals surface area contributed by atoms with Gasteiger partial charge in [0.15, 0.2) is 5.60 Å². The van der Waals surface area contributed by atoms with Crippen LogP contribution in [0.15, 0.2) is 42.6 Å². The lowest BCUT2D eigenvalue weighted by molar-refractivity contribution is 0.0995. The summed E-state index contributed by atoms with van der Waals surface area (Å²) in [5.41, 5.74) is 5.30. The van der Waals surface area contributed by atoms with Crippen LogP contribution >= 0.6 is 0 Å². The van der Waals surface area contributed by atoms with Crippen LogP contribution < -0.4 is 10.5 Å². The first-order chi connectivity index (χ1) is 13.2. The Morgan fingerprint density at radius 1 is 1.43 bits per heavy atom. The van der Waals surface area contributed by atoms with Gasteiger partial charge >= 0.3 is 0 Å². The number of ether oxygens (including phenoxy) is 1. The number of methoxy groups -OCH3 is 1. The molecule has 0 unspecified atom stereocenters. The summed E-state index contributed by atoms with van der Waals surface area (Å²) >= 11 is 0. The number of carbonyl (C=O) groups is 1. The van der Waals surface area contributed by atoms with Crippen LogP contribution in [0, 0.1) is 17.7 Å². The molecule has 1 amide bonds. The van der Waals surface area contributed by atoms with Crippen molar-refractivity contribution in [2.75, 3.05) is 20.7 Å². The molecule has 3 N–H and O–H groups in total. The van der Waals surface area contributed by atoms with E-state index < -0.39 is 17.3 Å². The largest absolute Gasteiger partial charge is 0.497 e. The van der Waals surface area contributed by atoms with Gasteiger partial charge in [-0.3, -0.25) is 4.79 Å². The Bertz CT molecular complexity index is 1030. The second-order valence-corrected chi connectivity index (χ2v) is 6.56. The summed E-state index contributed by atoms with van der Waals surface area (Å²) in [6.07, 6.45) is 0.447. The zero-order chi connectivity index (χ0) is 20.5. The average molecular weight is 381 g/mol. The number of aliphatic hydroxyl groups is 1. The van der Waals surface area contributed by atoms with E-state index in [1.165, 1.54) is 37.4 Å². The molecule has 1 aliphatic heterocycles. The van der Waals surface area contributed by atoms with Crippen LogP contribution in [0.5, 0.6) is 5.75 Å². The van der Waals surface area contributed by atoms with Gasteiger partial charge in [-0.2, -0.15) is 0 Å². The van der Waals surface area contributed by atoms with Gasteiger partial charge in [0.05, 0.1) is 18.5 Å². The van der Waals surface area contributed by atoms with Crippen molar-refractivity contribution in [2.45, 2.75) is 12.0 Å². The number of hydrogen-bond donors (Lipinski definition) is 2. The summed E-state index contributed by atoms with van der Waals surface area (Å²) < 4.78 is 19.6. The maximum absolute atomic E-state index is 14.4. The number of benzene rings is 1. The molecule has 2 aromatic rings. The fourth-order valence-electron chi connectivity index (χ4n) is 2.92. The number of pyridine rings is 1. The van der Waals surface area contributed by atoms with Gasteiger partial charge in [-0.25, -0.2) is 9.37 Å². The number of likely N-dealkylation sites (N-methyl/N-ethyl adjacent to an activating group) is 1. The number of rotatable bonds is 3. The van der Waals surface area contributed by atoms with Crippen molar-refractivity contribution < 1.29 is 19.0 Å². The van der Waals surface area contributed by atoms with Gasteiger partial charge in [0.1, 0.15) is 17.3 Å². The fraction of sp³-hybridized carbons (Fsp3) is 0.238. The third kappa shape index (κ3) is 3.68. The van der Waals surface area contributed by atoms with Crippen molar-refractivity contribution in [3.05, 3.63) is 59.7 Å². The Morgan fingerprint density at radius 2 is 2.18 bits per heavy atom. The van der Waals surface area contributed by atoms with Crippen molar-refractivity contribution in [2.24, 2.45) is 5.73 Å². The zero-order valence-electron chi connectivity index (χ0n) is 15.6. The Balaban J connectivity index is 2.02. The molecule has 1 saturated heterocycles. The highest BCUT2D eigenvalue weighted by atomic mass is 19.1. The van der Waals surface area contributed by atoms with E-state index in [0.29, 0.717) is 30.0 Å². The maximum atomic E-state index is 14.4. The molecule has 28 heavy (non-hydrogen) atoms. The zero-order valence-corrected chi connectivity index (χ0v) is 15.6. The number of halogens is 1. The van der Waals surface area contributed by atoms with Crippen molar-refractivity contribution in [1.82, 2.24) is 9.88 Å². The van der Waals surface area contributed by atoms with E-state index in [1.807, 2.05) is 11.9 Å². The van der Waals surface area contributed by atoms with Crippen LogP contribution in [-0.2, 0) is 0 Å². The van der Waals surface area contributed by atoms with Crippen molar-refractivity contribution in [1.29, 1.82) is 0 Å². The Morgan fingerprint density at radius 3 is 2.79 bits per heavy atom. The lowest BCUT2D eigenvalue weighted by atomic mass is 10.00. The number of nitrogens with two attached hydrogens (primary N) is 1. The number of carbonyl (C=O) groups excluding carboxylic acids is 1. The third-order valence-electron chi connectivity index (χ3n) is 4.69. The highest BCUT2D eigenvalue weighted by Crippen LogP contribution is 2.30. The molecule has 0 bridgehead atoms. The van der Waals surface area contributed by atoms with Gasteiger partial charge < -0.3 is 20.5 Å². The van der Waals surface area contributed by atoms with Gasteiger partial charge in [-0.05, 0) is 18.2 Å². The Labute approximate surface area is 162 Å². The molecule has 7 heteroatoms. The van der Waals surface area contributed by atoms with Crippen molar-refractivity contribution >= 4 is 5.91 Å². The third-order valence-corrected chi connectivity index (χ3v) is 4.69. The first-order valence-electron chi connectivity index (χ1n) is 8.55. The molecule has 0 spiro atoms. The van der Waals surface area contributed by atoms with Crippen LogP contribution in [0.25, 0.3) is 11.3 Å². The molecule has 0 aliphatic carbocycles. The Kier molecular flexibility index (Phi) is 5.08. The smallest absolute Gasteiger partial charge is 0.267 e. The minimum Gasteiger partial charge on any atom is -0.497 e. The molecular formula is C21H20FN3O3. The molecule has 1 aromatic carbocycles. The molecule has 1 fully saturated rings. The van der Waals surface area contributed by atoms with E-state index in [0.717, 1.165) is 0 Å². The first-order valence-corrected chi connectivity index (χ1v) is 8.55. The molecule has 1 aliphatic rings. The summed E-state index contributed by atoms with van der Waals surface area (Å²) in [6, 6.07) is 7.14. The van der Waals surface area contributed by atoms with Crippen LogP contribution in [0.4, 0.5) is 4.39 Å². The second kappa shape index (κ2) is 7.33. The van der Waals surface area contributed by atoms with Crippen LogP contribution in [0.1, 0.15) is 22.5 Å². The lowest BCUT2D eigenvalue weighted by Gasteiger charge is -2.19. The summed E-state index contributed by atoms with van der Waals surface area (Å²) in [5.74, 6) is 4.75. The van der Waals surface area contributed by atoms with E-state index >= 15 is 0 Å². The summed E-state index contributed by atoms with van der Waals surface area (Å²) in [7, 11) is 3.26. The molecule has 6 nitrogen and oxygen atoms in total. The maximum Gasteiger partial charge on any atom is 0.267 e. The van der Waals surface area contributed by atoms with E-state index in [4.69, 9.17) is 10.5 Å². The lowest BCUT2D eigenvalue weighted by Crippen LogP contribution is -2.26. The molecule has 3 rings (SSSR count). The number of hydrogen-bond acceptors (Lipinski definition) is 5. The number of amides is 1. The quantitative estimate of drug-likeness (QED) is 0.793. The van der Waals surface area contributed by atoms with Gasteiger partial charge in [0, 0.05) is 43.3 Å². The topological polar surface area (TPSA) is 88.7 Å². The molecule has 1 aromatic heterocycles. The van der Waals surface area contributed by atoms with Crippen molar-refractivity contribution in [3.63, 3.8) is 0 Å². The normalized spacial score (nSPS) is 18.6.